The molecule has 186 valence electrons. The van der Waals surface area contributed by atoms with E-state index in [0.29, 0.717) is 37.2 Å². The molecule has 1 atom stereocenters. The minimum Gasteiger partial charge on any atom is -0.497 e. The lowest BCUT2D eigenvalue weighted by atomic mass is 9.95. The summed E-state index contributed by atoms with van der Waals surface area (Å²) in [5.74, 6) is 0.0344. The number of hydrogen-bond acceptors (Lipinski definition) is 6. The summed E-state index contributed by atoms with van der Waals surface area (Å²) in [6.07, 6.45) is 2.55. The summed E-state index contributed by atoms with van der Waals surface area (Å²) in [5, 5.41) is 2.90. The summed E-state index contributed by atoms with van der Waals surface area (Å²) < 4.78 is 11.4. The number of aromatic nitrogens is 1. The minimum absolute atomic E-state index is 0.0792. The van der Waals surface area contributed by atoms with Gasteiger partial charge in [-0.3, -0.25) is 24.3 Å². The average molecular weight is 481 g/mol. The molecule has 0 saturated carbocycles. The predicted octanol–water partition coefficient (Wildman–Crippen LogP) is 2.22. The molecule has 4 rings (SSSR count). The van der Waals surface area contributed by atoms with E-state index in [4.69, 9.17) is 9.47 Å². The zero-order valence-electron chi connectivity index (χ0n) is 20.4. The summed E-state index contributed by atoms with van der Waals surface area (Å²) >= 11 is 0. The number of nitrogens with zero attached hydrogens (tertiary/aromatic N) is 3. The van der Waals surface area contributed by atoms with E-state index in [9.17, 15) is 14.4 Å². The van der Waals surface area contributed by atoms with Gasteiger partial charge in [0.2, 0.25) is 11.8 Å². The number of methoxy groups -OCH3 is 1. The van der Waals surface area contributed by atoms with Crippen molar-refractivity contribution >= 4 is 17.7 Å². The van der Waals surface area contributed by atoms with Gasteiger partial charge in [-0.1, -0.05) is 19.9 Å². The van der Waals surface area contributed by atoms with E-state index in [1.807, 2.05) is 36.9 Å². The molecule has 1 N–H and O–H groups in total. The Labute approximate surface area is 205 Å². The molecule has 2 saturated heterocycles. The minimum atomic E-state index is -0.947. The molecule has 2 fully saturated rings. The molecule has 0 aliphatic carbocycles. The SMILES string of the molecule is COc1ccc(C(=O)N2[C@H](C(=O)NCc3ccccn3)COC23CCN(C(=O)C(C)C)CC3)cc1. The van der Waals surface area contributed by atoms with Gasteiger partial charge in [0.15, 0.2) is 0 Å². The van der Waals surface area contributed by atoms with Crippen LogP contribution in [0.5, 0.6) is 5.75 Å². The highest BCUT2D eigenvalue weighted by molar-refractivity contribution is 5.98. The first-order valence-electron chi connectivity index (χ1n) is 11.9. The largest absolute Gasteiger partial charge is 0.497 e. The van der Waals surface area contributed by atoms with Gasteiger partial charge in [-0.15, -0.1) is 0 Å². The third-order valence-corrected chi connectivity index (χ3v) is 6.64. The molecule has 2 aliphatic rings. The van der Waals surface area contributed by atoms with Gasteiger partial charge in [0.25, 0.3) is 5.91 Å². The molecular weight excluding hydrogens is 448 g/mol. The van der Waals surface area contributed by atoms with E-state index in [1.54, 1.807) is 42.5 Å². The fourth-order valence-electron chi connectivity index (χ4n) is 4.68. The van der Waals surface area contributed by atoms with E-state index < -0.39 is 11.8 Å². The molecule has 0 unspecified atom stereocenters. The molecule has 1 aromatic carbocycles. The van der Waals surface area contributed by atoms with Crippen molar-refractivity contribution in [2.24, 2.45) is 5.92 Å². The van der Waals surface area contributed by atoms with Crippen LogP contribution in [-0.4, -0.2) is 71.1 Å². The zero-order valence-corrected chi connectivity index (χ0v) is 20.4. The second kappa shape index (κ2) is 10.4. The first kappa shape index (κ1) is 24.7. The number of nitrogens with one attached hydrogen (secondary N) is 1. The van der Waals surface area contributed by atoms with Crippen molar-refractivity contribution in [3.05, 3.63) is 59.9 Å². The molecule has 0 bridgehead atoms. The van der Waals surface area contributed by atoms with E-state index in [0.717, 1.165) is 5.69 Å². The molecule has 9 nitrogen and oxygen atoms in total. The van der Waals surface area contributed by atoms with E-state index >= 15 is 0 Å². The Morgan fingerprint density at radius 3 is 2.46 bits per heavy atom. The van der Waals surface area contributed by atoms with Crippen LogP contribution in [0.25, 0.3) is 0 Å². The smallest absolute Gasteiger partial charge is 0.256 e. The lowest BCUT2D eigenvalue weighted by Crippen LogP contribution is -2.60. The fourth-order valence-corrected chi connectivity index (χ4v) is 4.68. The van der Waals surface area contributed by atoms with Gasteiger partial charge in [0.1, 0.15) is 17.5 Å². The number of carbonyl (C=O) groups excluding carboxylic acids is 3. The molecule has 1 spiro atoms. The summed E-state index contributed by atoms with van der Waals surface area (Å²) in [6, 6.07) is 11.5. The number of hydrogen-bond donors (Lipinski definition) is 1. The Kier molecular flexibility index (Phi) is 7.35. The van der Waals surface area contributed by atoms with E-state index in [1.165, 1.54) is 0 Å². The van der Waals surface area contributed by atoms with Gasteiger partial charge in [-0.25, -0.2) is 0 Å². The van der Waals surface area contributed by atoms with Crippen molar-refractivity contribution in [1.29, 1.82) is 0 Å². The third kappa shape index (κ3) is 5.14. The van der Waals surface area contributed by atoms with Crippen LogP contribution in [0.1, 0.15) is 42.7 Å². The molecule has 3 amide bonds. The van der Waals surface area contributed by atoms with Gasteiger partial charge < -0.3 is 19.7 Å². The molecular formula is C26H32N4O5. The topological polar surface area (TPSA) is 101 Å². The normalized spacial score (nSPS) is 19.1. The Morgan fingerprint density at radius 2 is 1.86 bits per heavy atom. The van der Waals surface area contributed by atoms with Crippen molar-refractivity contribution in [3.63, 3.8) is 0 Å². The summed E-state index contributed by atoms with van der Waals surface area (Å²) in [7, 11) is 1.56. The summed E-state index contributed by atoms with van der Waals surface area (Å²) in [5.41, 5.74) is 0.222. The first-order valence-corrected chi connectivity index (χ1v) is 11.9. The van der Waals surface area contributed by atoms with E-state index in [2.05, 4.69) is 10.3 Å². The van der Waals surface area contributed by atoms with Crippen molar-refractivity contribution in [3.8, 4) is 5.75 Å². The van der Waals surface area contributed by atoms with Crippen molar-refractivity contribution in [2.75, 3.05) is 26.8 Å². The molecule has 1 aromatic heterocycles. The number of likely N-dealkylation sites (tertiary alicyclic amines) is 1. The fraction of sp³-hybridized carbons (Fsp3) is 0.462. The maximum absolute atomic E-state index is 13.8. The highest BCUT2D eigenvalue weighted by Gasteiger charge is 2.54. The van der Waals surface area contributed by atoms with Crippen LogP contribution in [0.15, 0.2) is 48.7 Å². The van der Waals surface area contributed by atoms with Gasteiger partial charge in [-0.05, 0) is 36.4 Å². The zero-order chi connectivity index (χ0) is 25.0. The van der Waals surface area contributed by atoms with Crippen molar-refractivity contribution < 1.29 is 23.9 Å². The molecule has 2 aliphatic heterocycles. The lowest BCUT2D eigenvalue weighted by molar-refractivity contribution is -0.146. The Balaban J connectivity index is 1.57. The van der Waals surface area contributed by atoms with E-state index in [-0.39, 0.29) is 36.8 Å². The molecule has 2 aromatic rings. The molecule has 35 heavy (non-hydrogen) atoms. The first-order chi connectivity index (χ1) is 16.8. The summed E-state index contributed by atoms with van der Waals surface area (Å²) in [4.78, 5) is 47.2. The standard InChI is InChI=1S/C26H32N4O5/c1-18(2)24(32)29-14-11-26(12-15-29)30(25(33)19-7-9-21(34-3)10-8-19)22(17-35-26)23(31)28-16-20-6-4-5-13-27-20/h4-10,13,18,22H,11-12,14-17H2,1-3H3,(H,28,31)/t22-/m0/s1. The number of pyridine rings is 1. The maximum atomic E-state index is 13.8. The van der Waals surface area contributed by atoms with Crippen LogP contribution >= 0.6 is 0 Å². The van der Waals surface area contributed by atoms with Gasteiger partial charge in [0, 0.05) is 43.6 Å². The number of carbonyl (C=O) groups is 3. The van der Waals surface area contributed by atoms with Crippen molar-refractivity contribution in [2.45, 2.75) is 45.0 Å². The van der Waals surface area contributed by atoms with Gasteiger partial charge in [-0.2, -0.15) is 0 Å². The maximum Gasteiger partial charge on any atom is 0.256 e. The number of rotatable bonds is 6. The highest BCUT2D eigenvalue weighted by Crippen LogP contribution is 2.39. The molecule has 3 heterocycles. The van der Waals surface area contributed by atoms with Crippen LogP contribution in [0.2, 0.25) is 0 Å². The van der Waals surface area contributed by atoms with Crippen LogP contribution in [0.4, 0.5) is 0 Å². The Morgan fingerprint density at radius 1 is 1.14 bits per heavy atom. The number of ether oxygens (including phenoxy) is 2. The Hall–Kier alpha value is -3.46. The second-order valence-electron chi connectivity index (χ2n) is 9.20. The molecule has 9 heteroatoms. The lowest BCUT2D eigenvalue weighted by Gasteiger charge is -2.44. The van der Waals surface area contributed by atoms with Gasteiger partial charge in [0.05, 0.1) is 26.0 Å². The average Bonchev–Trinajstić information content (AvgIpc) is 3.26. The van der Waals surface area contributed by atoms with Crippen molar-refractivity contribution in [1.82, 2.24) is 20.1 Å². The second-order valence-corrected chi connectivity index (χ2v) is 9.20. The Bertz CT molecular complexity index is 1050. The number of benzene rings is 1. The summed E-state index contributed by atoms with van der Waals surface area (Å²) in [6.45, 7) is 5.02. The third-order valence-electron chi connectivity index (χ3n) is 6.64. The number of piperidine rings is 1. The highest BCUT2D eigenvalue weighted by atomic mass is 16.5. The predicted molar refractivity (Wildman–Crippen MR) is 128 cm³/mol. The van der Waals surface area contributed by atoms with Crippen LogP contribution in [0, 0.1) is 5.92 Å². The molecule has 0 radical (unpaired) electrons. The quantitative estimate of drug-likeness (QED) is 0.681. The van der Waals surface area contributed by atoms with Crippen LogP contribution in [-0.2, 0) is 20.9 Å². The van der Waals surface area contributed by atoms with Gasteiger partial charge >= 0.3 is 0 Å². The number of amides is 3. The van der Waals surface area contributed by atoms with Crippen LogP contribution < -0.4 is 10.1 Å². The van der Waals surface area contributed by atoms with Crippen LogP contribution in [0.3, 0.4) is 0 Å². The monoisotopic (exact) mass is 480 g/mol.